The molecule has 1 rings (SSSR count). The standard InChI is InChI=1S/C6H9BrN3P/c1-11(2)10-6-8-3-5(7)4-9-6/h3-4H,1-2H3,(H,8,9,10). The fraction of sp³-hybridized carbons (Fsp3) is 0.333. The van der Waals surface area contributed by atoms with Crippen molar-refractivity contribution in [1.82, 2.24) is 9.97 Å². The Kier molecular flexibility index (Phi) is 3.21. The molecule has 60 valence electrons. The summed E-state index contributed by atoms with van der Waals surface area (Å²) in [5.74, 6) is 0.698. The third kappa shape index (κ3) is 3.12. The summed E-state index contributed by atoms with van der Waals surface area (Å²) in [7, 11) is -0.177. The Balaban J connectivity index is 2.66. The Hall–Kier alpha value is -0.210. The van der Waals surface area contributed by atoms with Crippen LogP contribution in [0.1, 0.15) is 0 Å². The van der Waals surface area contributed by atoms with E-state index in [-0.39, 0.29) is 8.07 Å². The number of hydrogen-bond acceptors (Lipinski definition) is 3. The Morgan fingerprint density at radius 3 is 2.36 bits per heavy atom. The molecule has 0 unspecified atom stereocenters. The minimum absolute atomic E-state index is 0.177. The molecule has 0 aliphatic rings. The predicted molar refractivity (Wildman–Crippen MR) is 52.1 cm³/mol. The van der Waals surface area contributed by atoms with Gasteiger partial charge in [-0.25, -0.2) is 9.97 Å². The molecule has 0 aliphatic heterocycles. The molecule has 5 heteroatoms. The average Bonchev–Trinajstić information content (AvgIpc) is 1.93. The Labute approximate surface area is 75.6 Å². The lowest BCUT2D eigenvalue weighted by molar-refractivity contribution is 1.17. The van der Waals surface area contributed by atoms with Crippen LogP contribution in [0.4, 0.5) is 5.95 Å². The first kappa shape index (κ1) is 8.88. The summed E-state index contributed by atoms with van der Waals surface area (Å²) >= 11 is 3.26. The maximum Gasteiger partial charge on any atom is 0.225 e. The molecule has 0 fully saturated rings. The van der Waals surface area contributed by atoms with Crippen molar-refractivity contribution < 1.29 is 0 Å². The van der Waals surface area contributed by atoms with Gasteiger partial charge in [0.05, 0.1) is 4.47 Å². The molecule has 0 radical (unpaired) electrons. The molecule has 0 aliphatic carbocycles. The third-order valence-electron chi connectivity index (χ3n) is 0.944. The van der Waals surface area contributed by atoms with E-state index in [4.69, 9.17) is 0 Å². The first-order valence-corrected chi connectivity index (χ1v) is 6.13. The van der Waals surface area contributed by atoms with E-state index >= 15 is 0 Å². The van der Waals surface area contributed by atoms with E-state index in [2.05, 4.69) is 44.3 Å². The molecule has 1 heterocycles. The normalized spacial score (nSPS) is 10.2. The zero-order valence-corrected chi connectivity index (χ0v) is 8.85. The predicted octanol–water partition coefficient (Wildman–Crippen LogP) is 2.31. The number of halogens is 1. The van der Waals surface area contributed by atoms with Gasteiger partial charge >= 0.3 is 0 Å². The van der Waals surface area contributed by atoms with Gasteiger partial charge in [-0.15, -0.1) is 0 Å². The van der Waals surface area contributed by atoms with E-state index in [1.807, 2.05) is 0 Å². The van der Waals surface area contributed by atoms with Gasteiger partial charge in [0.15, 0.2) is 0 Å². The lowest BCUT2D eigenvalue weighted by atomic mass is 10.7. The molecule has 1 aromatic rings. The summed E-state index contributed by atoms with van der Waals surface area (Å²) in [4.78, 5) is 8.13. The van der Waals surface area contributed by atoms with Gasteiger partial charge in [0, 0.05) is 12.4 Å². The second-order valence-corrected chi connectivity index (χ2v) is 5.16. The number of rotatable bonds is 2. The van der Waals surface area contributed by atoms with Gasteiger partial charge < -0.3 is 5.09 Å². The summed E-state index contributed by atoms with van der Waals surface area (Å²) < 4.78 is 0.902. The summed E-state index contributed by atoms with van der Waals surface area (Å²) in [5, 5.41) is 3.15. The van der Waals surface area contributed by atoms with Gasteiger partial charge in [-0.1, -0.05) is 0 Å². The smallest absolute Gasteiger partial charge is 0.225 e. The van der Waals surface area contributed by atoms with Crippen molar-refractivity contribution in [1.29, 1.82) is 0 Å². The Morgan fingerprint density at radius 2 is 1.91 bits per heavy atom. The lowest BCUT2D eigenvalue weighted by Crippen LogP contribution is -1.94. The molecule has 3 nitrogen and oxygen atoms in total. The quantitative estimate of drug-likeness (QED) is 0.798. The van der Waals surface area contributed by atoms with Crippen LogP contribution >= 0.6 is 24.0 Å². The highest BCUT2D eigenvalue weighted by Gasteiger charge is 1.96. The van der Waals surface area contributed by atoms with Crippen LogP contribution in [0.25, 0.3) is 0 Å². The molecule has 1 aromatic heterocycles. The van der Waals surface area contributed by atoms with Crippen molar-refractivity contribution in [2.45, 2.75) is 0 Å². The summed E-state index contributed by atoms with van der Waals surface area (Å²) in [6, 6.07) is 0. The topological polar surface area (TPSA) is 37.8 Å². The van der Waals surface area contributed by atoms with Gasteiger partial charge in [-0.05, 0) is 37.3 Å². The number of anilines is 1. The molecule has 0 amide bonds. The van der Waals surface area contributed by atoms with E-state index in [1.54, 1.807) is 12.4 Å². The molecule has 0 aromatic carbocycles. The summed E-state index contributed by atoms with van der Waals surface area (Å²) in [5.41, 5.74) is 0. The van der Waals surface area contributed by atoms with Crippen molar-refractivity contribution in [3.8, 4) is 0 Å². The highest BCUT2D eigenvalue weighted by Crippen LogP contribution is 2.24. The number of hydrogen-bond donors (Lipinski definition) is 1. The Morgan fingerprint density at radius 1 is 1.36 bits per heavy atom. The van der Waals surface area contributed by atoms with Crippen molar-refractivity contribution in [3.63, 3.8) is 0 Å². The number of nitrogens with zero attached hydrogens (tertiary/aromatic N) is 2. The maximum absolute atomic E-state index is 4.07. The fourth-order valence-electron chi connectivity index (χ4n) is 0.570. The van der Waals surface area contributed by atoms with Crippen LogP contribution in [0.3, 0.4) is 0 Å². The minimum atomic E-state index is -0.177. The minimum Gasteiger partial charge on any atom is -0.334 e. The number of nitrogens with one attached hydrogen (secondary N) is 1. The van der Waals surface area contributed by atoms with E-state index in [9.17, 15) is 0 Å². The zero-order chi connectivity index (χ0) is 8.27. The largest absolute Gasteiger partial charge is 0.334 e. The monoisotopic (exact) mass is 233 g/mol. The van der Waals surface area contributed by atoms with Crippen LogP contribution in [-0.2, 0) is 0 Å². The summed E-state index contributed by atoms with van der Waals surface area (Å²) in [6.45, 7) is 4.22. The van der Waals surface area contributed by atoms with Gasteiger partial charge in [0.2, 0.25) is 5.95 Å². The van der Waals surface area contributed by atoms with Crippen molar-refractivity contribution in [2.24, 2.45) is 0 Å². The van der Waals surface area contributed by atoms with Crippen molar-refractivity contribution in [3.05, 3.63) is 16.9 Å². The Bertz CT molecular complexity index is 224. The van der Waals surface area contributed by atoms with Crippen molar-refractivity contribution >= 4 is 30.0 Å². The van der Waals surface area contributed by atoms with Gasteiger partial charge in [-0.3, -0.25) is 0 Å². The molecule has 0 spiro atoms. The van der Waals surface area contributed by atoms with Crippen LogP contribution < -0.4 is 5.09 Å². The van der Waals surface area contributed by atoms with Gasteiger partial charge in [0.25, 0.3) is 0 Å². The molecule has 0 saturated heterocycles. The third-order valence-corrected chi connectivity index (χ3v) is 2.00. The maximum atomic E-state index is 4.07. The van der Waals surface area contributed by atoms with E-state index in [1.165, 1.54) is 0 Å². The molecule has 11 heavy (non-hydrogen) atoms. The van der Waals surface area contributed by atoms with E-state index < -0.39 is 0 Å². The second-order valence-electron chi connectivity index (χ2n) is 2.23. The van der Waals surface area contributed by atoms with E-state index in [0.29, 0.717) is 5.95 Å². The molecule has 1 N–H and O–H groups in total. The van der Waals surface area contributed by atoms with Crippen LogP contribution in [0.5, 0.6) is 0 Å². The molecular weight excluding hydrogens is 225 g/mol. The second kappa shape index (κ2) is 3.98. The lowest BCUT2D eigenvalue weighted by Gasteiger charge is -2.06. The van der Waals surface area contributed by atoms with Crippen LogP contribution in [-0.4, -0.2) is 23.3 Å². The first-order chi connectivity index (χ1) is 5.18. The van der Waals surface area contributed by atoms with Crippen LogP contribution in [0.15, 0.2) is 16.9 Å². The summed E-state index contributed by atoms with van der Waals surface area (Å²) in [6.07, 6.45) is 3.46. The van der Waals surface area contributed by atoms with Gasteiger partial charge in [-0.2, -0.15) is 0 Å². The van der Waals surface area contributed by atoms with Gasteiger partial charge in [0.1, 0.15) is 0 Å². The number of aromatic nitrogens is 2. The first-order valence-electron chi connectivity index (χ1n) is 3.10. The van der Waals surface area contributed by atoms with Crippen LogP contribution in [0, 0.1) is 0 Å². The SMILES string of the molecule is CP(C)Nc1ncc(Br)cn1. The molecular formula is C6H9BrN3P. The fourth-order valence-corrected chi connectivity index (χ4v) is 1.29. The molecule has 0 bridgehead atoms. The molecule has 0 atom stereocenters. The molecule has 0 saturated carbocycles. The highest BCUT2D eigenvalue weighted by molar-refractivity contribution is 9.10. The van der Waals surface area contributed by atoms with Crippen molar-refractivity contribution in [2.75, 3.05) is 18.4 Å². The van der Waals surface area contributed by atoms with Crippen LogP contribution in [0.2, 0.25) is 0 Å². The highest BCUT2D eigenvalue weighted by atomic mass is 79.9. The average molecular weight is 234 g/mol. The zero-order valence-electron chi connectivity index (χ0n) is 6.37. The van der Waals surface area contributed by atoms with E-state index in [0.717, 1.165) is 4.47 Å².